The van der Waals surface area contributed by atoms with Gasteiger partial charge in [-0.05, 0) is 118 Å². The molecule has 0 amide bonds. The molecule has 7 aliphatic carbocycles. The van der Waals surface area contributed by atoms with Gasteiger partial charge in [-0.3, -0.25) is 0 Å². The highest BCUT2D eigenvalue weighted by atomic mass is 32.2. The molecule has 33 heavy (non-hydrogen) atoms. The molecule has 4 nitrogen and oxygen atoms in total. The lowest BCUT2D eigenvalue weighted by Gasteiger charge is -2.58. The van der Waals surface area contributed by atoms with Gasteiger partial charge in [-0.15, -0.1) is 0 Å². The second kappa shape index (κ2) is 6.37. The first-order valence-electron chi connectivity index (χ1n) is 14.3. The summed E-state index contributed by atoms with van der Waals surface area (Å²) in [6.07, 6.45) is 14.8. The molecule has 0 aromatic carbocycles. The highest BCUT2D eigenvalue weighted by Crippen LogP contribution is 2.71. The first-order valence-corrected chi connectivity index (χ1v) is 17.7. The lowest BCUT2D eigenvalue weighted by atomic mass is 9.53. The summed E-state index contributed by atoms with van der Waals surface area (Å²) in [5.41, 5.74) is 0. The van der Waals surface area contributed by atoms with Crippen LogP contribution in [0.15, 0.2) is 0 Å². The second-order valence-electron chi connectivity index (χ2n) is 14.1. The molecule has 0 radical (unpaired) electrons. The zero-order valence-corrected chi connectivity index (χ0v) is 21.4. The predicted molar refractivity (Wildman–Crippen MR) is 130 cm³/mol. The zero-order valence-electron chi connectivity index (χ0n) is 19.7. The lowest BCUT2D eigenvalue weighted by molar-refractivity contribution is -0.303. The maximum Gasteiger partial charge on any atom is 0.174 e. The predicted octanol–water partition coefficient (Wildman–Crippen LogP) is 4.32. The lowest BCUT2D eigenvalue weighted by Crippen LogP contribution is -2.59. The average Bonchev–Trinajstić information content (AvgIpc) is 3.55. The number of rotatable bonds is 2. The molecule has 0 aromatic rings. The van der Waals surface area contributed by atoms with Crippen molar-refractivity contribution in [2.45, 2.75) is 98.6 Å². The minimum atomic E-state index is -2.83. The van der Waals surface area contributed by atoms with Gasteiger partial charge in [-0.25, -0.2) is 19.3 Å². The van der Waals surface area contributed by atoms with Crippen LogP contribution in [0.3, 0.4) is 0 Å². The summed E-state index contributed by atoms with van der Waals surface area (Å²) in [6.45, 7) is 0. The van der Waals surface area contributed by atoms with Crippen LogP contribution in [0.25, 0.3) is 0 Å². The molecule has 0 aromatic heterocycles. The van der Waals surface area contributed by atoms with Gasteiger partial charge < -0.3 is 9.47 Å². The largest absolute Gasteiger partial charge is 0.343 e. The van der Waals surface area contributed by atoms with E-state index >= 15 is 0 Å². The third kappa shape index (κ3) is 2.47. The average molecular weight is 493 g/mol. The van der Waals surface area contributed by atoms with Crippen LogP contribution >= 0.6 is 10.9 Å². The minimum Gasteiger partial charge on any atom is -0.343 e. The topological polar surface area (TPSA) is 52.6 Å². The van der Waals surface area contributed by atoms with Gasteiger partial charge in [0.1, 0.15) is 0 Å². The Hall–Kier alpha value is 0.220. The Balaban J connectivity index is 0.959. The van der Waals surface area contributed by atoms with E-state index in [9.17, 15) is 8.42 Å². The summed E-state index contributed by atoms with van der Waals surface area (Å²) in [4.78, 5) is 0. The highest BCUT2D eigenvalue weighted by Gasteiger charge is 2.69. The molecular formula is C27H40O4S2. The number of ether oxygens (including phenoxy) is 2. The van der Waals surface area contributed by atoms with Crippen molar-refractivity contribution in [1.29, 1.82) is 0 Å². The fourth-order valence-electron chi connectivity index (χ4n) is 12.0. The Morgan fingerprint density at radius 1 is 0.818 bits per heavy atom. The quantitative estimate of drug-likeness (QED) is 0.584. The number of thiol groups is 1. The molecule has 1 spiro atoms. The van der Waals surface area contributed by atoms with Crippen LogP contribution in [0.5, 0.6) is 0 Å². The van der Waals surface area contributed by atoms with Gasteiger partial charge in [0.15, 0.2) is 15.6 Å². The number of fused-ring (bicyclic) bond motifs is 2. The first kappa shape index (κ1) is 20.3. The molecular weight excluding hydrogens is 452 g/mol. The third-order valence-corrected chi connectivity index (χ3v) is 19.0. The molecule has 0 N–H and O–H groups in total. The molecule has 9 unspecified atom stereocenters. The van der Waals surface area contributed by atoms with E-state index < -0.39 is 9.84 Å². The van der Waals surface area contributed by atoms with Gasteiger partial charge in [0.05, 0.1) is 23.2 Å². The summed E-state index contributed by atoms with van der Waals surface area (Å²) in [6, 6.07) is 0. The number of hydrogen-bond donors (Lipinski definition) is 1. The molecule has 6 heteroatoms. The van der Waals surface area contributed by atoms with Crippen molar-refractivity contribution in [2.75, 3.05) is 17.3 Å². The van der Waals surface area contributed by atoms with Gasteiger partial charge >= 0.3 is 0 Å². The van der Waals surface area contributed by atoms with Crippen molar-refractivity contribution in [3.63, 3.8) is 0 Å². The Morgan fingerprint density at radius 2 is 1.61 bits per heavy atom. The standard InChI is InChI=1S/C27H40O4S2/c28-33(29)14-26(12-17-10-22(26)24(33)11-17)32-4-3-18(13-32)21-1-2-23-25(21)31-27(30-23)19-6-15-5-16(8-19)9-20(27)7-15/h15-25,32H,1-14H2. The molecule has 3 aliphatic heterocycles. The third-order valence-electron chi connectivity index (χ3n) is 12.8. The molecule has 7 saturated carbocycles. The molecule has 3 saturated heterocycles. The van der Waals surface area contributed by atoms with E-state index in [4.69, 9.17) is 9.47 Å². The SMILES string of the molecule is O=S1(=O)CC2([SH]3CCC(C4CCC5OC6(OC54)C4CC5CC(C4)CC6C5)C3)CC3CC2C1C3. The summed E-state index contributed by atoms with van der Waals surface area (Å²) in [7, 11) is -2.98. The Labute approximate surface area is 201 Å². The van der Waals surface area contributed by atoms with Crippen LogP contribution in [0.2, 0.25) is 0 Å². The van der Waals surface area contributed by atoms with Crippen molar-refractivity contribution in [3.05, 3.63) is 0 Å². The van der Waals surface area contributed by atoms with Crippen LogP contribution in [0.4, 0.5) is 0 Å². The molecule has 10 rings (SSSR count). The normalized spacial score (nSPS) is 66.7. The van der Waals surface area contributed by atoms with E-state index in [0.717, 1.165) is 30.1 Å². The number of sulfone groups is 1. The van der Waals surface area contributed by atoms with Gasteiger partial charge in [0, 0.05) is 16.6 Å². The molecule has 10 fully saturated rings. The second-order valence-corrected chi connectivity index (χ2v) is 19.1. The molecule has 10 aliphatic rings. The van der Waals surface area contributed by atoms with E-state index in [1.807, 2.05) is 0 Å². The van der Waals surface area contributed by atoms with E-state index in [2.05, 4.69) is 0 Å². The Kier molecular flexibility index (Phi) is 3.92. The molecule has 6 bridgehead atoms. The van der Waals surface area contributed by atoms with Gasteiger partial charge in [0.2, 0.25) is 0 Å². The summed E-state index contributed by atoms with van der Waals surface area (Å²) in [5, 5.41) is 0.0389. The van der Waals surface area contributed by atoms with Crippen molar-refractivity contribution < 1.29 is 17.9 Å². The van der Waals surface area contributed by atoms with E-state index in [0.29, 0.717) is 41.6 Å². The maximum absolute atomic E-state index is 13.0. The highest BCUT2D eigenvalue weighted by molar-refractivity contribution is 8.19. The van der Waals surface area contributed by atoms with E-state index in [1.54, 1.807) is 0 Å². The fraction of sp³-hybridized carbons (Fsp3) is 1.00. The Bertz CT molecular complexity index is 966. The van der Waals surface area contributed by atoms with Gasteiger partial charge in [-0.1, -0.05) is 0 Å². The smallest absolute Gasteiger partial charge is 0.174 e. The van der Waals surface area contributed by atoms with Gasteiger partial charge in [0.25, 0.3) is 0 Å². The van der Waals surface area contributed by atoms with E-state index in [-0.39, 0.29) is 26.7 Å². The van der Waals surface area contributed by atoms with Crippen LogP contribution < -0.4 is 0 Å². The summed E-state index contributed by atoms with van der Waals surface area (Å²) >= 11 is 0. The zero-order chi connectivity index (χ0) is 21.7. The van der Waals surface area contributed by atoms with Crippen LogP contribution in [-0.2, 0) is 19.3 Å². The summed E-state index contributed by atoms with van der Waals surface area (Å²) in [5.74, 6) is 8.90. The van der Waals surface area contributed by atoms with Crippen LogP contribution in [0.1, 0.15) is 70.6 Å². The Morgan fingerprint density at radius 3 is 2.36 bits per heavy atom. The molecule has 9 atom stereocenters. The summed E-state index contributed by atoms with van der Waals surface area (Å²) < 4.78 is 40.4. The maximum atomic E-state index is 13.0. The van der Waals surface area contributed by atoms with Crippen molar-refractivity contribution in [3.8, 4) is 0 Å². The van der Waals surface area contributed by atoms with Crippen LogP contribution in [-0.4, -0.2) is 53.7 Å². The van der Waals surface area contributed by atoms with Crippen molar-refractivity contribution in [2.24, 2.45) is 47.3 Å². The van der Waals surface area contributed by atoms with Gasteiger partial charge in [-0.2, -0.15) is 0 Å². The van der Waals surface area contributed by atoms with Crippen molar-refractivity contribution in [1.82, 2.24) is 0 Å². The van der Waals surface area contributed by atoms with E-state index in [1.165, 1.54) is 75.7 Å². The molecule has 184 valence electrons. The van der Waals surface area contributed by atoms with Crippen LogP contribution in [0, 0.1) is 47.3 Å². The fourth-order valence-corrected chi connectivity index (χ4v) is 19.9. The first-order chi connectivity index (χ1) is 15.9. The minimum absolute atomic E-state index is 0.0389. The molecule has 3 heterocycles. The number of hydrogen-bond acceptors (Lipinski definition) is 4. The van der Waals surface area contributed by atoms with Crippen molar-refractivity contribution >= 4 is 20.7 Å². The monoisotopic (exact) mass is 492 g/mol.